The van der Waals surface area contributed by atoms with Crippen LogP contribution in [0.15, 0.2) is 29.2 Å². The Bertz CT molecular complexity index is 338. The maximum absolute atomic E-state index is 5.89. The molecule has 0 amide bonds. The van der Waals surface area contributed by atoms with Crippen LogP contribution in [-0.4, -0.2) is 23.4 Å². The van der Waals surface area contributed by atoms with Crippen LogP contribution in [-0.2, 0) is 5.33 Å². The van der Waals surface area contributed by atoms with Crippen LogP contribution in [0.4, 0.5) is 0 Å². The molecule has 1 aromatic carbocycles. The van der Waals surface area contributed by atoms with Gasteiger partial charge in [-0.15, -0.1) is 0 Å². The van der Waals surface area contributed by atoms with E-state index in [0.29, 0.717) is 6.04 Å². The second kappa shape index (κ2) is 6.05. The molecule has 0 aliphatic carbocycles. The number of benzene rings is 1. The summed E-state index contributed by atoms with van der Waals surface area (Å²) in [5.41, 5.74) is 7.23. The minimum absolute atomic E-state index is 0.408. The maximum atomic E-state index is 5.89. The summed E-state index contributed by atoms with van der Waals surface area (Å²) >= 11 is 5.34. The number of hydrogen-bond donors (Lipinski definition) is 1. The van der Waals surface area contributed by atoms with Gasteiger partial charge in [0.2, 0.25) is 0 Å². The van der Waals surface area contributed by atoms with Crippen LogP contribution in [0, 0.1) is 0 Å². The standard InChI is InChI=1S/C12H17BrN2S/c13-9-10-2-1-3-12(8-10)16-15-6-4-11(14)5-7-15/h1-3,8,11H,4-7,9,14H2. The predicted molar refractivity (Wildman–Crippen MR) is 73.7 cm³/mol. The van der Waals surface area contributed by atoms with E-state index >= 15 is 0 Å². The molecule has 1 fully saturated rings. The Labute approximate surface area is 110 Å². The number of nitrogens with two attached hydrogens (primary N) is 1. The molecule has 1 saturated heterocycles. The SMILES string of the molecule is NC1CCN(Sc2cccc(CBr)c2)CC1. The first-order valence-electron chi connectivity index (χ1n) is 5.61. The van der Waals surface area contributed by atoms with Crippen LogP contribution in [0.2, 0.25) is 0 Å². The van der Waals surface area contributed by atoms with Crippen LogP contribution >= 0.6 is 27.9 Å². The van der Waals surface area contributed by atoms with Gasteiger partial charge < -0.3 is 5.73 Å². The van der Waals surface area contributed by atoms with Gasteiger partial charge in [-0.05, 0) is 42.5 Å². The van der Waals surface area contributed by atoms with E-state index in [-0.39, 0.29) is 0 Å². The fourth-order valence-corrected chi connectivity index (χ4v) is 3.19. The van der Waals surface area contributed by atoms with Gasteiger partial charge in [-0.3, -0.25) is 0 Å². The largest absolute Gasteiger partial charge is 0.328 e. The summed E-state index contributed by atoms with van der Waals surface area (Å²) in [5, 5.41) is 0.923. The molecular formula is C12H17BrN2S. The lowest BCUT2D eigenvalue weighted by Crippen LogP contribution is -2.36. The normalized spacial score (nSPS) is 18.9. The van der Waals surface area contributed by atoms with Crippen molar-refractivity contribution in [2.24, 2.45) is 5.73 Å². The van der Waals surface area contributed by atoms with Crippen molar-refractivity contribution >= 4 is 27.9 Å². The smallest absolute Gasteiger partial charge is 0.0283 e. The first kappa shape index (κ1) is 12.4. The third kappa shape index (κ3) is 3.48. The van der Waals surface area contributed by atoms with E-state index in [9.17, 15) is 0 Å². The molecule has 16 heavy (non-hydrogen) atoms. The molecule has 1 aliphatic heterocycles. The highest BCUT2D eigenvalue weighted by Gasteiger charge is 2.16. The molecule has 0 radical (unpaired) electrons. The zero-order chi connectivity index (χ0) is 11.4. The number of rotatable bonds is 3. The molecule has 1 aliphatic rings. The molecule has 0 unspecified atom stereocenters. The van der Waals surface area contributed by atoms with Crippen LogP contribution < -0.4 is 5.73 Å². The molecule has 1 heterocycles. The Morgan fingerprint density at radius 3 is 2.81 bits per heavy atom. The predicted octanol–water partition coefficient (Wildman–Crippen LogP) is 3.01. The van der Waals surface area contributed by atoms with Gasteiger partial charge in [0.25, 0.3) is 0 Å². The molecule has 1 aromatic rings. The molecule has 88 valence electrons. The van der Waals surface area contributed by atoms with Crippen molar-refractivity contribution < 1.29 is 0 Å². The van der Waals surface area contributed by atoms with Gasteiger partial charge in [-0.1, -0.05) is 28.1 Å². The Morgan fingerprint density at radius 2 is 2.12 bits per heavy atom. The quantitative estimate of drug-likeness (QED) is 0.687. The van der Waals surface area contributed by atoms with Crippen LogP contribution in [0.5, 0.6) is 0 Å². The van der Waals surface area contributed by atoms with Gasteiger partial charge in [0.05, 0.1) is 0 Å². The molecule has 0 atom stereocenters. The second-order valence-electron chi connectivity index (χ2n) is 4.14. The number of alkyl halides is 1. The van der Waals surface area contributed by atoms with Crippen molar-refractivity contribution in [1.82, 2.24) is 4.31 Å². The Hall–Kier alpha value is -0.0300. The van der Waals surface area contributed by atoms with Crippen molar-refractivity contribution in [1.29, 1.82) is 0 Å². The number of hydrogen-bond acceptors (Lipinski definition) is 3. The third-order valence-corrected chi connectivity index (χ3v) is 4.52. The number of nitrogens with zero attached hydrogens (tertiary/aromatic N) is 1. The van der Waals surface area contributed by atoms with Crippen molar-refractivity contribution in [2.75, 3.05) is 13.1 Å². The minimum Gasteiger partial charge on any atom is -0.328 e. The van der Waals surface area contributed by atoms with E-state index in [2.05, 4.69) is 44.5 Å². The Balaban J connectivity index is 1.93. The van der Waals surface area contributed by atoms with E-state index < -0.39 is 0 Å². The summed E-state index contributed by atoms with van der Waals surface area (Å²) < 4.78 is 2.41. The molecule has 2 nitrogen and oxygen atoms in total. The topological polar surface area (TPSA) is 29.3 Å². The summed E-state index contributed by atoms with van der Waals surface area (Å²) in [7, 11) is 0. The number of halogens is 1. The van der Waals surface area contributed by atoms with E-state index in [1.807, 2.05) is 11.9 Å². The van der Waals surface area contributed by atoms with Crippen LogP contribution in [0.3, 0.4) is 0 Å². The van der Waals surface area contributed by atoms with Gasteiger partial charge in [0, 0.05) is 29.4 Å². The molecule has 0 bridgehead atoms. The monoisotopic (exact) mass is 300 g/mol. The zero-order valence-electron chi connectivity index (χ0n) is 9.23. The zero-order valence-corrected chi connectivity index (χ0v) is 11.6. The molecule has 4 heteroatoms. The lowest BCUT2D eigenvalue weighted by Gasteiger charge is -2.28. The van der Waals surface area contributed by atoms with Crippen LogP contribution in [0.25, 0.3) is 0 Å². The Kier molecular flexibility index (Phi) is 4.70. The van der Waals surface area contributed by atoms with Gasteiger partial charge in [0.15, 0.2) is 0 Å². The molecular weight excluding hydrogens is 284 g/mol. The molecule has 0 aromatic heterocycles. The molecule has 0 spiro atoms. The highest BCUT2D eigenvalue weighted by Crippen LogP contribution is 2.26. The van der Waals surface area contributed by atoms with Crippen LogP contribution in [0.1, 0.15) is 18.4 Å². The van der Waals surface area contributed by atoms with E-state index in [1.165, 1.54) is 10.5 Å². The fraction of sp³-hybridized carbons (Fsp3) is 0.500. The Morgan fingerprint density at radius 1 is 1.38 bits per heavy atom. The van der Waals surface area contributed by atoms with E-state index in [1.54, 1.807) is 0 Å². The highest BCUT2D eigenvalue weighted by molar-refractivity contribution is 9.08. The van der Waals surface area contributed by atoms with Gasteiger partial charge in [-0.25, -0.2) is 4.31 Å². The lowest BCUT2D eigenvalue weighted by atomic mass is 10.1. The third-order valence-electron chi connectivity index (χ3n) is 2.79. The highest BCUT2D eigenvalue weighted by atomic mass is 79.9. The first-order valence-corrected chi connectivity index (χ1v) is 7.51. The average molecular weight is 301 g/mol. The summed E-state index contributed by atoms with van der Waals surface area (Å²) in [6.45, 7) is 2.20. The van der Waals surface area contributed by atoms with Crippen molar-refractivity contribution in [3.8, 4) is 0 Å². The van der Waals surface area contributed by atoms with Crippen molar-refractivity contribution in [3.63, 3.8) is 0 Å². The summed E-state index contributed by atoms with van der Waals surface area (Å²) in [6, 6.07) is 9.09. The average Bonchev–Trinajstić information content (AvgIpc) is 2.32. The summed E-state index contributed by atoms with van der Waals surface area (Å²) in [6.07, 6.45) is 2.23. The molecule has 0 saturated carbocycles. The van der Waals surface area contributed by atoms with Gasteiger partial charge in [-0.2, -0.15) is 0 Å². The fourth-order valence-electron chi connectivity index (χ4n) is 1.80. The first-order chi connectivity index (χ1) is 7.78. The van der Waals surface area contributed by atoms with Crippen molar-refractivity contribution in [2.45, 2.75) is 29.1 Å². The van der Waals surface area contributed by atoms with Crippen molar-refractivity contribution in [3.05, 3.63) is 29.8 Å². The number of piperidine rings is 1. The van der Waals surface area contributed by atoms with Gasteiger partial charge in [0.1, 0.15) is 0 Å². The second-order valence-corrected chi connectivity index (χ2v) is 5.87. The molecule has 2 rings (SSSR count). The van der Waals surface area contributed by atoms with E-state index in [0.717, 1.165) is 31.3 Å². The van der Waals surface area contributed by atoms with Gasteiger partial charge >= 0.3 is 0 Å². The summed E-state index contributed by atoms with van der Waals surface area (Å²) in [5.74, 6) is 0. The maximum Gasteiger partial charge on any atom is 0.0283 e. The lowest BCUT2D eigenvalue weighted by molar-refractivity contribution is 0.346. The minimum atomic E-state index is 0.408. The molecule has 2 N–H and O–H groups in total. The van der Waals surface area contributed by atoms with E-state index in [4.69, 9.17) is 5.73 Å². The summed E-state index contributed by atoms with van der Waals surface area (Å²) in [4.78, 5) is 1.33.